The van der Waals surface area contributed by atoms with Crippen molar-refractivity contribution in [2.75, 3.05) is 25.4 Å². The van der Waals surface area contributed by atoms with E-state index < -0.39 is 16.0 Å². The first kappa shape index (κ1) is 14.4. The molecule has 1 rings (SSSR count). The first-order valence-corrected chi connectivity index (χ1v) is 7.38. The average molecular weight is 265 g/mol. The van der Waals surface area contributed by atoms with Gasteiger partial charge in [0.2, 0.25) is 10.0 Å². The molecule has 1 N–H and O–H groups in total. The summed E-state index contributed by atoms with van der Waals surface area (Å²) in [7, 11) is -3.48. The highest BCUT2D eigenvalue weighted by molar-refractivity contribution is 7.89. The zero-order valence-electron chi connectivity index (χ0n) is 9.96. The van der Waals surface area contributed by atoms with Crippen molar-refractivity contribution in [3.8, 4) is 0 Å². The van der Waals surface area contributed by atoms with E-state index in [-0.39, 0.29) is 18.3 Å². The van der Waals surface area contributed by atoms with E-state index in [2.05, 4.69) is 0 Å². The van der Waals surface area contributed by atoms with Crippen LogP contribution in [0.2, 0.25) is 0 Å². The molecule has 1 fully saturated rings. The van der Waals surface area contributed by atoms with Gasteiger partial charge in [-0.15, -0.1) is 0 Å². The molecule has 1 atom stereocenters. The van der Waals surface area contributed by atoms with Crippen LogP contribution >= 0.6 is 0 Å². The molecule has 17 heavy (non-hydrogen) atoms. The largest absolute Gasteiger partial charge is 0.481 e. The molecule has 1 aliphatic rings. The molecule has 0 bridgehead atoms. The Hall–Kier alpha value is -0.660. The lowest BCUT2D eigenvalue weighted by molar-refractivity contribution is -0.136. The van der Waals surface area contributed by atoms with Crippen LogP contribution in [0.25, 0.3) is 0 Å². The molecule has 0 saturated carbocycles. The molecule has 1 heterocycles. The molecule has 6 nitrogen and oxygen atoms in total. The molecule has 0 aromatic carbocycles. The lowest BCUT2D eigenvalue weighted by Gasteiger charge is -2.23. The van der Waals surface area contributed by atoms with Gasteiger partial charge in [-0.1, -0.05) is 6.92 Å². The van der Waals surface area contributed by atoms with Crippen LogP contribution in [0.15, 0.2) is 0 Å². The van der Waals surface area contributed by atoms with Crippen molar-refractivity contribution in [2.24, 2.45) is 0 Å². The van der Waals surface area contributed by atoms with Gasteiger partial charge in [0.15, 0.2) is 0 Å². The van der Waals surface area contributed by atoms with Gasteiger partial charge in [-0.3, -0.25) is 4.79 Å². The van der Waals surface area contributed by atoms with Crippen molar-refractivity contribution in [3.63, 3.8) is 0 Å². The van der Waals surface area contributed by atoms with Crippen LogP contribution in [0.4, 0.5) is 0 Å². The summed E-state index contributed by atoms with van der Waals surface area (Å²) in [4.78, 5) is 10.4. The van der Waals surface area contributed by atoms with Gasteiger partial charge in [-0.2, -0.15) is 4.31 Å². The molecule has 0 aromatic heterocycles. The highest BCUT2D eigenvalue weighted by atomic mass is 32.2. The minimum absolute atomic E-state index is 0.0467. The summed E-state index contributed by atoms with van der Waals surface area (Å²) in [6, 6.07) is 0. The summed E-state index contributed by atoms with van der Waals surface area (Å²) in [6.45, 7) is 3.10. The van der Waals surface area contributed by atoms with E-state index in [4.69, 9.17) is 9.84 Å². The first-order chi connectivity index (χ1) is 7.95. The molecule has 0 radical (unpaired) electrons. The summed E-state index contributed by atoms with van der Waals surface area (Å²) in [5.41, 5.74) is 0. The highest BCUT2D eigenvalue weighted by Gasteiger charge is 2.26. The average Bonchev–Trinajstić information content (AvgIpc) is 2.75. The van der Waals surface area contributed by atoms with Crippen LogP contribution in [0.5, 0.6) is 0 Å². The van der Waals surface area contributed by atoms with Gasteiger partial charge in [0.25, 0.3) is 0 Å². The second-order valence-corrected chi connectivity index (χ2v) is 6.13. The van der Waals surface area contributed by atoms with E-state index >= 15 is 0 Å². The van der Waals surface area contributed by atoms with Crippen LogP contribution in [0.3, 0.4) is 0 Å². The molecule has 1 aliphatic heterocycles. The monoisotopic (exact) mass is 265 g/mol. The number of rotatable bonds is 7. The predicted octanol–water partition coefficient (Wildman–Crippen LogP) is 0.292. The summed E-state index contributed by atoms with van der Waals surface area (Å²) in [6.07, 6.45) is 1.42. The van der Waals surface area contributed by atoms with Gasteiger partial charge in [-0.25, -0.2) is 8.42 Å². The second-order valence-electron chi connectivity index (χ2n) is 4.05. The zero-order valence-corrected chi connectivity index (χ0v) is 10.8. The SMILES string of the molecule is CCN(CC1CCCO1)S(=O)(=O)CCC(=O)O. The van der Waals surface area contributed by atoms with E-state index in [1.165, 1.54) is 4.31 Å². The van der Waals surface area contributed by atoms with E-state index in [1.54, 1.807) is 6.92 Å². The standard InChI is InChI=1S/C10H19NO5S/c1-2-11(8-9-4-3-6-16-9)17(14,15)7-5-10(12)13/h9H,2-8H2,1H3,(H,12,13). The van der Waals surface area contributed by atoms with Crippen LogP contribution in [0, 0.1) is 0 Å². The van der Waals surface area contributed by atoms with Gasteiger partial charge in [-0.05, 0) is 12.8 Å². The molecule has 0 amide bonds. The number of hydrogen-bond donors (Lipinski definition) is 1. The molecular formula is C10H19NO5S. The molecule has 1 saturated heterocycles. The maximum Gasteiger partial charge on any atom is 0.304 e. The predicted molar refractivity (Wildman–Crippen MR) is 62.3 cm³/mol. The van der Waals surface area contributed by atoms with Gasteiger partial charge >= 0.3 is 5.97 Å². The minimum atomic E-state index is -3.48. The Labute approximate surface area is 102 Å². The Morgan fingerprint density at radius 1 is 1.53 bits per heavy atom. The van der Waals surface area contributed by atoms with E-state index in [0.717, 1.165) is 12.8 Å². The van der Waals surface area contributed by atoms with Crippen LogP contribution in [-0.4, -0.2) is 55.4 Å². The molecule has 0 aliphatic carbocycles. The summed E-state index contributed by atoms with van der Waals surface area (Å²) in [5.74, 6) is -1.44. The smallest absolute Gasteiger partial charge is 0.304 e. The molecule has 0 aromatic rings. The second kappa shape index (κ2) is 6.32. The number of carbonyl (C=O) groups is 1. The zero-order chi connectivity index (χ0) is 12.9. The number of sulfonamides is 1. The van der Waals surface area contributed by atoms with E-state index in [9.17, 15) is 13.2 Å². The highest BCUT2D eigenvalue weighted by Crippen LogP contribution is 2.15. The van der Waals surface area contributed by atoms with Gasteiger partial charge in [0.1, 0.15) is 0 Å². The molecule has 7 heteroatoms. The molecule has 100 valence electrons. The summed E-state index contributed by atoms with van der Waals surface area (Å²) in [5, 5.41) is 8.51. The summed E-state index contributed by atoms with van der Waals surface area (Å²) < 4.78 is 30.4. The van der Waals surface area contributed by atoms with E-state index in [1.807, 2.05) is 0 Å². The number of nitrogens with zero attached hydrogens (tertiary/aromatic N) is 1. The Balaban J connectivity index is 2.54. The molecule has 1 unspecified atom stereocenters. The fraction of sp³-hybridized carbons (Fsp3) is 0.900. The van der Waals surface area contributed by atoms with Gasteiger partial charge in [0.05, 0.1) is 18.3 Å². The third kappa shape index (κ3) is 4.61. The normalized spacial score (nSPS) is 20.9. The van der Waals surface area contributed by atoms with Crippen molar-refractivity contribution in [3.05, 3.63) is 0 Å². The first-order valence-electron chi connectivity index (χ1n) is 5.77. The van der Waals surface area contributed by atoms with Crippen LogP contribution < -0.4 is 0 Å². The number of hydrogen-bond acceptors (Lipinski definition) is 4. The quantitative estimate of drug-likeness (QED) is 0.715. The van der Waals surface area contributed by atoms with Crippen molar-refractivity contribution in [1.29, 1.82) is 0 Å². The van der Waals surface area contributed by atoms with Crippen LogP contribution in [-0.2, 0) is 19.6 Å². The number of ether oxygens (including phenoxy) is 1. The van der Waals surface area contributed by atoms with Crippen molar-refractivity contribution in [1.82, 2.24) is 4.31 Å². The topological polar surface area (TPSA) is 83.9 Å². The fourth-order valence-electron chi connectivity index (χ4n) is 1.80. The van der Waals surface area contributed by atoms with Gasteiger partial charge in [0, 0.05) is 19.7 Å². The van der Waals surface area contributed by atoms with E-state index in [0.29, 0.717) is 19.7 Å². The number of likely N-dealkylation sites (N-methyl/N-ethyl adjacent to an activating group) is 1. The van der Waals surface area contributed by atoms with Crippen LogP contribution in [0.1, 0.15) is 26.2 Å². The Kier molecular flexibility index (Phi) is 5.35. The van der Waals surface area contributed by atoms with Crippen molar-refractivity contribution < 1.29 is 23.1 Å². The number of aliphatic carboxylic acids is 1. The lowest BCUT2D eigenvalue weighted by Crippen LogP contribution is -2.38. The molecule has 0 spiro atoms. The number of carboxylic acids is 1. The maximum atomic E-state index is 11.9. The Morgan fingerprint density at radius 2 is 2.24 bits per heavy atom. The minimum Gasteiger partial charge on any atom is -0.481 e. The van der Waals surface area contributed by atoms with Gasteiger partial charge < -0.3 is 9.84 Å². The number of carboxylic acid groups (broad SMARTS) is 1. The summed E-state index contributed by atoms with van der Waals surface area (Å²) >= 11 is 0. The molecular weight excluding hydrogens is 246 g/mol. The van der Waals surface area contributed by atoms with Crippen molar-refractivity contribution >= 4 is 16.0 Å². The Bertz CT molecular complexity index is 348. The third-order valence-electron chi connectivity index (χ3n) is 2.75. The van der Waals surface area contributed by atoms with Crippen molar-refractivity contribution in [2.45, 2.75) is 32.3 Å². The fourth-order valence-corrected chi connectivity index (χ4v) is 3.28. The maximum absolute atomic E-state index is 11.9. The lowest BCUT2D eigenvalue weighted by atomic mass is 10.2. The third-order valence-corrected chi connectivity index (χ3v) is 4.67. The Morgan fingerprint density at radius 3 is 2.71 bits per heavy atom.